The Kier molecular flexibility index (Phi) is 6.03. The molecule has 0 aliphatic heterocycles. The Bertz CT molecular complexity index is 2690. The largest absolute Gasteiger partial charge is 0.0725 e. The van der Waals surface area contributed by atoms with Gasteiger partial charge in [-0.15, -0.1) is 0 Å². The molecule has 0 heterocycles. The Morgan fingerprint density at radius 1 is 0.269 bits per heavy atom. The third-order valence-corrected chi connectivity index (χ3v) is 12.5. The molecule has 244 valence electrons. The Morgan fingerprint density at radius 3 is 1.17 bits per heavy atom. The lowest BCUT2D eigenvalue weighted by molar-refractivity contribution is 0.634. The van der Waals surface area contributed by atoms with Crippen molar-refractivity contribution in [2.45, 2.75) is 24.7 Å². The summed E-state index contributed by atoms with van der Waals surface area (Å²) in [6.45, 7) is 4.49. The number of benzene rings is 8. The molecule has 0 bridgehead atoms. The first-order chi connectivity index (χ1) is 25.6. The highest BCUT2D eigenvalue weighted by atomic mass is 14.6. The molecular weight excluding hydrogens is 625 g/mol. The second kappa shape index (κ2) is 10.6. The van der Waals surface area contributed by atoms with Gasteiger partial charge in [0.25, 0.3) is 0 Å². The van der Waals surface area contributed by atoms with Crippen LogP contribution < -0.4 is 0 Å². The van der Waals surface area contributed by atoms with E-state index < -0.39 is 10.8 Å². The van der Waals surface area contributed by atoms with Crippen molar-refractivity contribution < 1.29 is 0 Å². The molecule has 8 aromatic rings. The molecule has 52 heavy (non-hydrogen) atoms. The Labute approximate surface area is 305 Å². The molecule has 0 fully saturated rings. The van der Waals surface area contributed by atoms with Crippen LogP contribution in [-0.2, 0) is 10.8 Å². The van der Waals surface area contributed by atoms with E-state index in [1.807, 2.05) is 0 Å². The average Bonchev–Trinajstić information content (AvgIpc) is 3.66. The fourth-order valence-corrected chi connectivity index (χ4v) is 10.5. The van der Waals surface area contributed by atoms with Crippen LogP contribution in [0.15, 0.2) is 182 Å². The van der Waals surface area contributed by atoms with E-state index in [4.69, 9.17) is 0 Å². The molecule has 0 saturated heterocycles. The summed E-state index contributed by atoms with van der Waals surface area (Å²) in [5.41, 5.74) is 22.9. The molecule has 0 aromatic heterocycles. The predicted molar refractivity (Wildman–Crippen MR) is 215 cm³/mol. The second-order valence-corrected chi connectivity index (χ2v) is 14.8. The quantitative estimate of drug-likeness (QED) is 0.173. The van der Waals surface area contributed by atoms with Gasteiger partial charge in [0, 0.05) is 0 Å². The number of aryl methyl sites for hydroxylation is 2. The topological polar surface area (TPSA) is 0 Å². The number of hydrogen-bond donors (Lipinski definition) is 0. The van der Waals surface area contributed by atoms with E-state index in [1.54, 1.807) is 0 Å². The SMILES string of the molecule is Cc1ccccc1-c1ccc(-c2cccc3c2C2(c4ccccc4-c4ccccc42)c2ccccc2C32c3ccccc3-c3ccccc32)cc1C. The van der Waals surface area contributed by atoms with Crippen molar-refractivity contribution in [1.29, 1.82) is 0 Å². The van der Waals surface area contributed by atoms with Crippen molar-refractivity contribution >= 4 is 0 Å². The zero-order chi connectivity index (χ0) is 34.6. The first-order valence-corrected chi connectivity index (χ1v) is 18.4. The highest BCUT2D eigenvalue weighted by molar-refractivity contribution is 5.96. The lowest BCUT2D eigenvalue weighted by atomic mass is 9.51. The van der Waals surface area contributed by atoms with Crippen LogP contribution in [-0.4, -0.2) is 0 Å². The summed E-state index contributed by atoms with van der Waals surface area (Å²) >= 11 is 0. The minimum atomic E-state index is -0.518. The third-order valence-electron chi connectivity index (χ3n) is 12.5. The van der Waals surface area contributed by atoms with Crippen LogP contribution in [0.25, 0.3) is 44.5 Å². The number of hydrogen-bond acceptors (Lipinski definition) is 0. The lowest BCUT2D eigenvalue weighted by Crippen LogP contribution is -2.44. The summed E-state index contributed by atoms with van der Waals surface area (Å²) in [5.74, 6) is 0. The maximum atomic E-state index is 2.45. The fourth-order valence-electron chi connectivity index (χ4n) is 10.5. The van der Waals surface area contributed by atoms with E-state index in [0.29, 0.717) is 0 Å². The summed E-state index contributed by atoms with van der Waals surface area (Å²) in [6.07, 6.45) is 0. The molecule has 0 unspecified atom stereocenters. The van der Waals surface area contributed by atoms with Crippen molar-refractivity contribution in [2.24, 2.45) is 0 Å². The summed E-state index contributed by atoms with van der Waals surface area (Å²) in [7, 11) is 0. The minimum absolute atomic E-state index is 0.483. The van der Waals surface area contributed by atoms with Crippen molar-refractivity contribution in [2.75, 3.05) is 0 Å². The zero-order valence-corrected chi connectivity index (χ0v) is 29.3. The van der Waals surface area contributed by atoms with Crippen molar-refractivity contribution in [3.8, 4) is 44.5 Å². The zero-order valence-electron chi connectivity index (χ0n) is 29.3. The van der Waals surface area contributed by atoms with Gasteiger partial charge in [-0.3, -0.25) is 0 Å². The first kappa shape index (κ1) is 29.5. The molecule has 0 N–H and O–H groups in total. The fraction of sp³-hybridized carbons (Fsp3) is 0.0769. The molecule has 11 rings (SSSR count). The molecule has 0 amide bonds. The monoisotopic (exact) mass is 660 g/mol. The number of rotatable bonds is 2. The van der Waals surface area contributed by atoms with Crippen LogP contribution in [0, 0.1) is 13.8 Å². The minimum Gasteiger partial charge on any atom is -0.0620 e. The van der Waals surface area contributed by atoms with Crippen LogP contribution in [0.5, 0.6) is 0 Å². The highest BCUT2D eigenvalue weighted by Crippen LogP contribution is 2.68. The standard InChI is InChI=1S/C52H36/c1-33-16-3-4-17-36(33)37-31-30-35(32-34(37)2)38-22-15-29-49-50(38)52(45-25-11-7-20-41(45)42-21-8-12-26-46(42)52)48-28-14-13-27-47(48)51(49)43-23-9-5-18-39(43)40-19-6-10-24-44(40)51/h3-32H,1-2H3. The van der Waals surface area contributed by atoms with Gasteiger partial charge in [-0.1, -0.05) is 182 Å². The van der Waals surface area contributed by atoms with Crippen LogP contribution in [0.1, 0.15) is 55.6 Å². The van der Waals surface area contributed by atoms with Crippen LogP contribution in [0.2, 0.25) is 0 Å². The van der Waals surface area contributed by atoms with Crippen LogP contribution in [0.4, 0.5) is 0 Å². The maximum Gasteiger partial charge on any atom is 0.0725 e. The molecule has 0 radical (unpaired) electrons. The van der Waals surface area contributed by atoms with E-state index in [2.05, 4.69) is 196 Å². The molecule has 3 aliphatic carbocycles. The Hall–Kier alpha value is -6.24. The van der Waals surface area contributed by atoms with Gasteiger partial charge >= 0.3 is 0 Å². The van der Waals surface area contributed by atoms with Gasteiger partial charge in [0.1, 0.15) is 0 Å². The molecule has 0 saturated carbocycles. The Morgan fingerprint density at radius 2 is 0.654 bits per heavy atom. The van der Waals surface area contributed by atoms with Gasteiger partial charge < -0.3 is 0 Å². The molecule has 0 atom stereocenters. The van der Waals surface area contributed by atoms with Gasteiger partial charge in [0.05, 0.1) is 10.8 Å². The average molecular weight is 661 g/mol. The first-order valence-electron chi connectivity index (χ1n) is 18.4. The normalized spacial score (nSPS) is 14.7. The van der Waals surface area contributed by atoms with E-state index in [0.717, 1.165) is 0 Å². The van der Waals surface area contributed by atoms with Crippen LogP contribution in [0.3, 0.4) is 0 Å². The summed E-state index contributed by atoms with van der Waals surface area (Å²) in [5, 5.41) is 0. The summed E-state index contributed by atoms with van der Waals surface area (Å²) in [4.78, 5) is 0. The van der Waals surface area contributed by atoms with Gasteiger partial charge in [0.2, 0.25) is 0 Å². The third kappa shape index (κ3) is 3.52. The summed E-state index contributed by atoms with van der Waals surface area (Å²) < 4.78 is 0. The molecule has 3 aliphatic rings. The van der Waals surface area contributed by atoms with Crippen molar-refractivity contribution in [1.82, 2.24) is 0 Å². The van der Waals surface area contributed by atoms with Gasteiger partial charge in [0.15, 0.2) is 0 Å². The molecular formula is C52H36. The molecule has 0 heteroatoms. The second-order valence-electron chi connectivity index (χ2n) is 14.8. The van der Waals surface area contributed by atoms with E-state index in [-0.39, 0.29) is 0 Å². The molecule has 8 aromatic carbocycles. The summed E-state index contributed by atoms with van der Waals surface area (Å²) in [6, 6.07) is 69.1. The maximum absolute atomic E-state index is 2.45. The van der Waals surface area contributed by atoms with E-state index in [9.17, 15) is 0 Å². The van der Waals surface area contributed by atoms with E-state index >= 15 is 0 Å². The van der Waals surface area contributed by atoms with Crippen LogP contribution >= 0.6 is 0 Å². The highest BCUT2D eigenvalue weighted by Gasteiger charge is 2.59. The van der Waals surface area contributed by atoms with Gasteiger partial charge in [-0.25, -0.2) is 0 Å². The van der Waals surface area contributed by atoms with E-state index in [1.165, 1.54) is 100 Å². The molecule has 2 spiro atoms. The Balaban J connectivity index is 1.33. The van der Waals surface area contributed by atoms with Gasteiger partial charge in [-0.05, 0) is 114 Å². The van der Waals surface area contributed by atoms with Crippen molar-refractivity contribution in [3.05, 3.63) is 238 Å². The van der Waals surface area contributed by atoms with Gasteiger partial charge in [-0.2, -0.15) is 0 Å². The predicted octanol–water partition coefficient (Wildman–Crippen LogP) is 12.7. The van der Waals surface area contributed by atoms with Crippen molar-refractivity contribution in [3.63, 3.8) is 0 Å². The molecule has 0 nitrogen and oxygen atoms in total. The lowest BCUT2D eigenvalue weighted by Gasteiger charge is -2.49. The number of fused-ring (bicyclic) bond motifs is 16. The smallest absolute Gasteiger partial charge is 0.0620 e.